The number of alkyl halides is 6. The second-order valence-corrected chi connectivity index (χ2v) is 6.88. The molecule has 3 nitrogen and oxygen atoms in total. The summed E-state index contributed by atoms with van der Waals surface area (Å²) in [6.45, 7) is 1.73. The van der Waals surface area contributed by atoms with Crippen molar-refractivity contribution in [1.29, 1.82) is 0 Å². The molecule has 0 spiro atoms. The van der Waals surface area contributed by atoms with E-state index in [1.165, 1.54) is 0 Å². The van der Waals surface area contributed by atoms with Gasteiger partial charge in [0, 0.05) is 6.04 Å². The van der Waals surface area contributed by atoms with Crippen molar-refractivity contribution in [1.82, 2.24) is 5.32 Å². The standard InChI is InChI=1S/C20H19F6NO2/c1-12-10-28-18(17(27-12)14-5-3-2-4-6-14)29-11-13-7-15(19(21,22)23)9-16(8-13)20(24,25)26/h2-9,12,17-18,27H,10-11H2,1H3/t12-,17+,18+/m1/s1. The van der Waals surface area contributed by atoms with Crippen molar-refractivity contribution in [2.45, 2.75) is 44.3 Å². The summed E-state index contributed by atoms with van der Waals surface area (Å²) >= 11 is 0. The van der Waals surface area contributed by atoms with Crippen molar-refractivity contribution < 1.29 is 35.8 Å². The molecule has 0 unspecified atom stereocenters. The molecule has 1 saturated heterocycles. The van der Waals surface area contributed by atoms with Gasteiger partial charge in [-0.2, -0.15) is 26.3 Å². The minimum Gasteiger partial charge on any atom is -0.349 e. The third-order valence-corrected chi connectivity index (χ3v) is 4.47. The van der Waals surface area contributed by atoms with Crippen molar-refractivity contribution >= 4 is 0 Å². The summed E-state index contributed by atoms with van der Waals surface area (Å²) < 4.78 is 89.3. The molecule has 1 N–H and O–H groups in total. The van der Waals surface area contributed by atoms with Gasteiger partial charge < -0.3 is 14.8 Å². The molecule has 2 aromatic rings. The third kappa shape index (κ3) is 5.49. The Hall–Kier alpha value is -2.10. The predicted octanol–water partition coefficient (Wildman–Crippen LogP) is 5.32. The lowest BCUT2D eigenvalue weighted by Crippen LogP contribution is -2.48. The van der Waals surface area contributed by atoms with Gasteiger partial charge in [-0.1, -0.05) is 30.3 Å². The highest BCUT2D eigenvalue weighted by Gasteiger charge is 2.37. The first kappa shape index (κ1) is 21.6. The summed E-state index contributed by atoms with van der Waals surface area (Å²) in [5.41, 5.74) is -2.14. The van der Waals surface area contributed by atoms with E-state index in [4.69, 9.17) is 9.47 Å². The number of hydrogen-bond donors (Lipinski definition) is 1. The first-order chi connectivity index (χ1) is 13.5. The lowest BCUT2D eigenvalue weighted by atomic mass is 10.0. The van der Waals surface area contributed by atoms with Gasteiger partial charge in [0.25, 0.3) is 0 Å². The molecular weight excluding hydrogens is 400 g/mol. The Labute approximate surface area is 163 Å². The lowest BCUT2D eigenvalue weighted by molar-refractivity contribution is -0.192. The second-order valence-electron chi connectivity index (χ2n) is 6.88. The van der Waals surface area contributed by atoms with Gasteiger partial charge in [-0.25, -0.2) is 0 Å². The molecule has 0 aliphatic carbocycles. The summed E-state index contributed by atoms with van der Waals surface area (Å²) in [5, 5.41) is 3.28. The topological polar surface area (TPSA) is 30.5 Å². The number of nitrogens with one attached hydrogen (secondary N) is 1. The van der Waals surface area contributed by atoms with Crippen LogP contribution in [0.1, 0.15) is 35.2 Å². The molecule has 158 valence electrons. The smallest absolute Gasteiger partial charge is 0.349 e. The average Bonchev–Trinajstić information content (AvgIpc) is 2.66. The minimum atomic E-state index is -4.90. The SMILES string of the molecule is C[C@@H]1CO[C@@H](OCc2cc(C(F)(F)F)cc(C(F)(F)F)c2)[C@H](c2ccccc2)N1. The van der Waals surface area contributed by atoms with Gasteiger partial charge in [0.2, 0.25) is 0 Å². The van der Waals surface area contributed by atoms with E-state index in [0.717, 1.165) is 5.56 Å². The van der Waals surface area contributed by atoms with Crippen LogP contribution in [0.3, 0.4) is 0 Å². The minimum absolute atomic E-state index is 0.00504. The quantitative estimate of drug-likeness (QED) is 0.681. The Balaban J connectivity index is 1.82. The molecule has 29 heavy (non-hydrogen) atoms. The van der Waals surface area contributed by atoms with Gasteiger partial charge in [0.15, 0.2) is 6.29 Å². The maximum Gasteiger partial charge on any atom is 0.416 e. The Morgan fingerprint density at radius 1 is 0.966 bits per heavy atom. The van der Waals surface area contributed by atoms with Crippen LogP contribution in [0.4, 0.5) is 26.3 Å². The van der Waals surface area contributed by atoms with Crippen molar-refractivity contribution in [2.75, 3.05) is 6.61 Å². The van der Waals surface area contributed by atoms with Crippen molar-refractivity contribution in [2.24, 2.45) is 0 Å². The fourth-order valence-electron chi connectivity index (χ4n) is 3.11. The molecule has 0 radical (unpaired) electrons. The maximum atomic E-state index is 13.0. The number of benzene rings is 2. The fraction of sp³-hybridized carbons (Fsp3) is 0.400. The van der Waals surface area contributed by atoms with Crippen LogP contribution in [0.25, 0.3) is 0 Å². The second kappa shape index (κ2) is 8.33. The molecule has 1 heterocycles. The maximum absolute atomic E-state index is 13.0. The van der Waals surface area contributed by atoms with Crippen LogP contribution >= 0.6 is 0 Å². The normalized spacial score (nSPS) is 23.2. The molecule has 0 saturated carbocycles. The Kier molecular flexibility index (Phi) is 6.21. The van der Waals surface area contributed by atoms with E-state index in [2.05, 4.69) is 5.32 Å². The van der Waals surface area contributed by atoms with Gasteiger partial charge in [0.1, 0.15) is 0 Å². The lowest BCUT2D eigenvalue weighted by Gasteiger charge is -2.36. The Morgan fingerprint density at radius 2 is 1.55 bits per heavy atom. The highest BCUT2D eigenvalue weighted by molar-refractivity contribution is 5.33. The first-order valence-corrected chi connectivity index (χ1v) is 8.86. The average molecular weight is 419 g/mol. The van der Waals surface area contributed by atoms with E-state index in [0.29, 0.717) is 18.7 Å². The first-order valence-electron chi connectivity index (χ1n) is 8.86. The van der Waals surface area contributed by atoms with Crippen molar-refractivity contribution in [3.63, 3.8) is 0 Å². The van der Waals surface area contributed by atoms with E-state index >= 15 is 0 Å². The van der Waals surface area contributed by atoms with Crippen molar-refractivity contribution in [3.05, 3.63) is 70.8 Å². The van der Waals surface area contributed by atoms with Gasteiger partial charge >= 0.3 is 12.4 Å². The molecule has 3 rings (SSSR count). The highest BCUT2D eigenvalue weighted by atomic mass is 19.4. The number of hydrogen-bond acceptors (Lipinski definition) is 3. The molecule has 0 aromatic heterocycles. The molecule has 1 fully saturated rings. The summed E-state index contributed by atoms with van der Waals surface area (Å²) in [6, 6.07) is 10.1. The fourth-order valence-corrected chi connectivity index (χ4v) is 3.11. The van der Waals surface area contributed by atoms with E-state index in [1.807, 2.05) is 37.3 Å². The summed E-state index contributed by atoms with van der Waals surface area (Å²) in [4.78, 5) is 0. The van der Waals surface area contributed by atoms with Gasteiger partial charge in [0.05, 0.1) is 30.4 Å². The van der Waals surface area contributed by atoms with Crippen LogP contribution in [-0.4, -0.2) is 18.9 Å². The van der Waals surface area contributed by atoms with Gasteiger partial charge in [-0.05, 0) is 36.2 Å². The van der Waals surface area contributed by atoms with Crippen molar-refractivity contribution in [3.8, 4) is 0 Å². The Bertz CT molecular complexity index is 790. The van der Waals surface area contributed by atoms with Crippen LogP contribution in [0.5, 0.6) is 0 Å². The van der Waals surface area contributed by atoms with E-state index in [-0.39, 0.29) is 17.7 Å². The molecule has 1 aliphatic heterocycles. The molecular formula is C20H19F6NO2. The molecule has 2 aromatic carbocycles. The number of halogens is 6. The highest BCUT2D eigenvalue weighted by Crippen LogP contribution is 2.36. The zero-order valence-electron chi connectivity index (χ0n) is 15.3. The van der Waals surface area contributed by atoms with E-state index in [1.54, 1.807) is 0 Å². The van der Waals surface area contributed by atoms with Crippen LogP contribution in [0, 0.1) is 0 Å². The molecule has 0 amide bonds. The number of rotatable bonds is 4. The zero-order valence-corrected chi connectivity index (χ0v) is 15.3. The third-order valence-electron chi connectivity index (χ3n) is 4.47. The molecule has 1 aliphatic rings. The molecule has 9 heteroatoms. The van der Waals surface area contributed by atoms with E-state index in [9.17, 15) is 26.3 Å². The summed E-state index contributed by atoms with van der Waals surface area (Å²) in [7, 11) is 0. The monoisotopic (exact) mass is 419 g/mol. The summed E-state index contributed by atoms with van der Waals surface area (Å²) in [6.07, 6.45) is -10.7. The number of ether oxygens (including phenoxy) is 2. The zero-order chi connectivity index (χ0) is 21.2. The summed E-state index contributed by atoms with van der Waals surface area (Å²) in [5.74, 6) is 0. The van der Waals surface area contributed by atoms with Crippen LogP contribution in [0.2, 0.25) is 0 Å². The molecule has 3 atom stereocenters. The van der Waals surface area contributed by atoms with E-state index < -0.39 is 42.4 Å². The predicted molar refractivity (Wildman–Crippen MR) is 92.8 cm³/mol. The number of morpholine rings is 1. The van der Waals surface area contributed by atoms with Gasteiger partial charge in [-0.15, -0.1) is 0 Å². The Morgan fingerprint density at radius 3 is 2.10 bits per heavy atom. The van der Waals surface area contributed by atoms with Crippen LogP contribution in [0.15, 0.2) is 48.5 Å². The largest absolute Gasteiger partial charge is 0.416 e. The van der Waals surface area contributed by atoms with Crippen LogP contribution < -0.4 is 5.32 Å². The van der Waals surface area contributed by atoms with Crippen LogP contribution in [-0.2, 0) is 28.4 Å². The van der Waals surface area contributed by atoms with Gasteiger partial charge in [-0.3, -0.25) is 0 Å². The molecule has 0 bridgehead atoms.